The maximum atomic E-state index is 11.8. The zero-order valence-electron chi connectivity index (χ0n) is 15.6. The lowest BCUT2D eigenvalue weighted by Gasteiger charge is -2.08. The lowest BCUT2D eigenvalue weighted by Crippen LogP contribution is -2.39. The van der Waals surface area contributed by atoms with Gasteiger partial charge in [-0.05, 0) is 31.0 Å². The number of carbonyl (C=O) groups is 2. The third-order valence-electron chi connectivity index (χ3n) is 3.96. The fourth-order valence-corrected chi connectivity index (χ4v) is 2.50. The number of unbranched alkanes of at least 4 members (excludes halogenated alkanes) is 6. The van der Waals surface area contributed by atoms with Gasteiger partial charge in [-0.25, -0.2) is 0 Å². The number of amides is 2. The SMILES string of the molecule is CCCCCCCCCNC(=O)C(=O)NCc1ccc(OCC)cc1. The number of benzene rings is 1. The van der Waals surface area contributed by atoms with Gasteiger partial charge in [-0.15, -0.1) is 0 Å². The van der Waals surface area contributed by atoms with E-state index in [1.165, 1.54) is 32.1 Å². The van der Waals surface area contributed by atoms with Gasteiger partial charge < -0.3 is 15.4 Å². The summed E-state index contributed by atoms with van der Waals surface area (Å²) < 4.78 is 5.36. The van der Waals surface area contributed by atoms with Gasteiger partial charge in [0.15, 0.2) is 0 Å². The Kier molecular flexibility index (Phi) is 11.2. The highest BCUT2D eigenvalue weighted by atomic mass is 16.5. The van der Waals surface area contributed by atoms with E-state index in [9.17, 15) is 9.59 Å². The molecule has 0 unspecified atom stereocenters. The average Bonchev–Trinajstić information content (AvgIpc) is 2.63. The summed E-state index contributed by atoms with van der Waals surface area (Å²) in [5, 5.41) is 5.31. The second-order valence-corrected chi connectivity index (χ2v) is 6.14. The quantitative estimate of drug-likeness (QED) is 0.448. The highest BCUT2D eigenvalue weighted by Crippen LogP contribution is 2.11. The molecule has 0 spiro atoms. The summed E-state index contributed by atoms with van der Waals surface area (Å²) >= 11 is 0. The normalized spacial score (nSPS) is 10.3. The average molecular weight is 348 g/mol. The smallest absolute Gasteiger partial charge is 0.309 e. The Hall–Kier alpha value is -2.04. The molecule has 5 heteroatoms. The second kappa shape index (κ2) is 13.3. The van der Waals surface area contributed by atoms with Crippen molar-refractivity contribution >= 4 is 11.8 Å². The number of rotatable bonds is 12. The minimum Gasteiger partial charge on any atom is -0.494 e. The van der Waals surface area contributed by atoms with Crippen molar-refractivity contribution in [1.29, 1.82) is 0 Å². The van der Waals surface area contributed by atoms with Crippen molar-refractivity contribution in [3.05, 3.63) is 29.8 Å². The summed E-state index contributed by atoms with van der Waals surface area (Å²) in [5.74, 6) is -0.348. The fraction of sp³-hybridized carbons (Fsp3) is 0.600. The molecule has 0 aliphatic heterocycles. The van der Waals surface area contributed by atoms with Crippen LogP contribution in [0.5, 0.6) is 5.75 Å². The van der Waals surface area contributed by atoms with Gasteiger partial charge in [0.1, 0.15) is 5.75 Å². The molecule has 0 fully saturated rings. The van der Waals surface area contributed by atoms with Gasteiger partial charge in [0.2, 0.25) is 0 Å². The van der Waals surface area contributed by atoms with E-state index in [0.717, 1.165) is 24.2 Å². The number of hydrogen-bond acceptors (Lipinski definition) is 3. The van der Waals surface area contributed by atoms with Gasteiger partial charge in [-0.3, -0.25) is 9.59 Å². The van der Waals surface area contributed by atoms with Crippen molar-refractivity contribution < 1.29 is 14.3 Å². The maximum Gasteiger partial charge on any atom is 0.309 e. The third-order valence-corrected chi connectivity index (χ3v) is 3.96. The summed E-state index contributed by atoms with van der Waals surface area (Å²) in [7, 11) is 0. The van der Waals surface area contributed by atoms with Crippen LogP contribution in [0, 0.1) is 0 Å². The molecule has 1 aromatic rings. The standard InChI is InChI=1S/C20H32N2O3/c1-3-5-6-7-8-9-10-15-21-19(23)20(24)22-16-17-11-13-18(14-12-17)25-4-2/h11-14H,3-10,15-16H2,1-2H3,(H,21,23)(H,22,24). The molecule has 2 N–H and O–H groups in total. The zero-order valence-corrected chi connectivity index (χ0v) is 15.6. The first-order chi connectivity index (χ1) is 12.2. The Bertz CT molecular complexity index is 500. The minimum atomic E-state index is -0.586. The largest absolute Gasteiger partial charge is 0.494 e. The van der Waals surface area contributed by atoms with Gasteiger partial charge in [0, 0.05) is 13.1 Å². The molecule has 2 amide bonds. The van der Waals surface area contributed by atoms with E-state index in [-0.39, 0.29) is 0 Å². The molecule has 0 aliphatic carbocycles. The second-order valence-electron chi connectivity index (χ2n) is 6.14. The predicted octanol–water partition coefficient (Wildman–Crippen LogP) is 3.57. The molecule has 0 saturated carbocycles. The molecular weight excluding hydrogens is 316 g/mol. The molecule has 1 rings (SSSR count). The molecule has 1 aromatic carbocycles. The first-order valence-corrected chi connectivity index (χ1v) is 9.45. The number of hydrogen-bond donors (Lipinski definition) is 2. The van der Waals surface area contributed by atoms with Crippen molar-refractivity contribution in [1.82, 2.24) is 10.6 Å². The molecule has 140 valence electrons. The van der Waals surface area contributed by atoms with Gasteiger partial charge in [0.25, 0.3) is 0 Å². The predicted molar refractivity (Wildman–Crippen MR) is 100 cm³/mol. The summed E-state index contributed by atoms with van der Waals surface area (Å²) in [6, 6.07) is 7.46. The van der Waals surface area contributed by atoms with Crippen molar-refractivity contribution in [3.8, 4) is 5.75 Å². The van der Waals surface area contributed by atoms with Crippen molar-refractivity contribution in [2.45, 2.75) is 65.3 Å². The molecular formula is C20H32N2O3. The van der Waals surface area contributed by atoms with E-state index in [2.05, 4.69) is 17.6 Å². The molecule has 25 heavy (non-hydrogen) atoms. The first kappa shape index (κ1) is 21.0. The van der Waals surface area contributed by atoms with Gasteiger partial charge in [-0.1, -0.05) is 57.6 Å². The summed E-state index contributed by atoms with van der Waals surface area (Å²) in [6.45, 7) is 5.64. The number of ether oxygens (including phenoxy) is 1. The van der Waals surface area contributed by atoms with Gasteiger partial charge in [-0.2, -0.15) is 0 Å². The Labute approximate surface area is 151 Å². The number of nitrogens with one attached hydrogen (secondary N) is 2. The monoisotopic (exact) mass is 348 g/mol. The summed E-state index contributed by atoms with van der Waals surface area (Å²) in [5.41, 5.74) is 0.927. The Morgan fingerprint density at radius 3 is 2.08 bits per heavy atom. The van der Waals surface area contributed by atoms with E-state index in [1.807, 2.05) is 31.2 Å². The third kappa shape index (κ3) is 9.75. The molecule has 0 aromatic heterocycles. The van der Waals surface area contributed by atoms with Crippen LogP contribution >= 0.6 is 0 Å². The lowest BCUT2D eigenvalue weighted by molar-refractivity contribution is -0.139. The highest BCUT2D eigenvalue weighted by Gasteiger charge is 2.11. The van der Waals surface area contributed by atoms with Crippen molar-refractivity contribution in [2.24, 2.45) is 0 Å². The van der Waals surface area contributed by atoms with E-state index >= 15 is 0 Å². The molecule has 0 bridgehead atoms. The molecule has 0 saturated heterocycles. The highest BCUT2D eigenvalue weighted by molar-refractivity contribution is 6.35. The van der Waals surface area contributed by atoms with E-state index in [4.69, 9.17) is 4.74 Å². The van der Waals surface area contributed by atoms with E-state index in [1.54, 1.807) is 0 Å². The van der Waals surface area contributed by atoms with Gasteiger partial charge in [0.05, 0.1) is 6.61 Å². The summed E-state index contributed by atoms with van der Waals surface area (Å²) in [4.78, 5) is 23.5. The summed E-state index contributed by atoms with van der Waals surface area (Å²) in [6.07, 6.45) is 8.30. The fourth-order valence-electron chi connectivity index (χ4n) is 2.50. The van der Waals surface area contributed by atoms with E-state index < -0.39 is 11.8 Å². The maximum absolute atomic E-state index is 11.8. The van der Waals surface area contributed by atoms with Crippen LogP contribution in [0.25, 0.3) is 0 Å². The topological polar surface area (TPSA) is 67.4 Å². The molecule has 0 aliphatic rings. The van der Waals surface area contributed by atoms with Crippen LogP contribution < -0.4 is 15.4 Å². The van der Waals surface area contributed by atoms with Crippen LogP contribution in [0.15, 0.2) is 24.3 Å². The van der Waals surface area contributed by atoms with Crippen LogP contribution in [0.4, 0.5) is 0 Å². The van der Waals surface area contributed by atoms with Gasteiger partial charge >= 0.3 is 11.8 Å². The van der Waals surface area contributed by atoms with Crippen LogP contribution in [-0.4, -0.2) is 25.0 Å². The molecule has 0 heterocycles. The van der Waals surface area contributed by atoms with Crippen molar-refractivity contribution in [3.63, 3.8) is 0 Å². The Morgan fingerprint density at radius 2 is 1.44 bits per heavy atom. The van der Waals surface area contributed by atoms with E-state index in [0.29, 0.717) is 19.7 Å². The molecule has 5 nitrogen and oxygen atoms in total. The van der Waals surface area contributed by atoms with Crippen molar-refractivity contribution in [2.75, 3.05) is 13.2 Å². The number of carbonyl (C=O) groups excluding carboxylic acids is 2. The lowest BCUT2D eigenvalue weighted by atomic mass is 10.1. The first-order valence-electron chi connectivity index (χ1n) is 9.45. The van der Waals surface area contributed by atoms with Crippen LogP contribution in [0.2, 0.25) is 0 Å². The molecule has 0 atom stereocenters. The van der Waals surface area contributed by atoms with Crippen LogP contribution in [0.1, 0.15) is 64.4 Å². The zero-order chi connectivity index (χ0) is 18.3. The van der Waals surface area contributed by atoms with Crippen LogP contribution in [-0.2, 0) is 16.1 Å². The minimum absolute atomic E-state index is 0.329. The Balaban J connectivity index is 2.12. The molecule has 0 radical (unpaired) electrons. The van der Waals surface area contributed by atoms with Crippen LogP contribution in [0.3, 0.4) is 0 Å². The Morgan fingerprint density at radius 1 is 0.840 bits per heavy atom.